The fourth-order valence-corrected chi connectivity index (χ4v) is 4.08. The van der Waals surface area contributed by atoms with E-state index in [-0.39, 0.29) is 36.3 Å². The third-order valence-electron chi connectivity index (χ3n) is 4.62. The first-order valence-electron chi connectivity index (χ1n) is 9.30. The number of H-pyrrole nitrogens is 1. The average molecular weight is 544 g/mol. The number of guanidine groups is 1. The Bertz CT molecular complexity index is 1130. The van der Waals surface area contributed by atoms with Gasteiger partial charge in [-0.25, -0.2) is 12.8 Å². The lowest BCUT2D eigenvalue weighted by Crippen LogP contribution is -2.38. The molecule has 6 nitrogen and oxygen atoms in total. The smallest absolute Gasteiger partial charge is 0.191 e. The zero-order valence-corrected chi connectivity index (χ0v) is 20.1. The zero-order valence-electron chi connectivity index (χ0n) is 16.9. The Kier molecular flexibility index (Phi) is 8.65. The molecule has 0 bridgehead atoms. The summed E-state index contributed by atoms with van der Waals surface area (Å²) in [6, 6.07) is 12.3. The van der Waals surface area contributed by atoms with Crippen LogP contribution in [0.2, 0.25) is 0 Å². The summed E-state index contributed by atoms with van der Waals surface area (Å²) in [7, 11) is -1.56. The molecule has 3 N–H and O–H groups in total. The van der Waals surface area contributed by atoms with Crippen molar-refractivity contribution >= 4 is 50.7 Å². The summed E-state index contributed by atoms with van der Waals surface area (Å²) in [5.74, 6) is 0.0393. The highest BCUT2D eigenvalue weighted by Crippen LogP contribution is 2.18. The van der Waals surface area contributed by atoms with Gasteiger partial charge < -0.3 is 15.6 Å². The number of fused-ring (bicyclic) bond motifs is 1. The maximum Gasteiger partial charge on any atom is 0.191 e. The molecule has 0 aliphatic rings. The van der Waals surface area contributed by atoms with Crippen molar-refractivity contribution in [2.45, 2.75) is 18.7 Å². The van der Waals surface area contributed by atoms with Crippen LogP contribution in [0, 0.1) is 5.82 Å². The van der Waals surface area contributed by atoms with Crippen molar-refractivity contribution < 1.29 is 12.8 Å². The number of aromatic amines is 1. The fraction of sp³-hybridized carbons (Fsp3) is 0.286. The largest absolute Gasteiger partial charge is 0.361 e. The molecule has 2 aromatic carbocycles. The molecule has 0 aliphatic carbocycles. The van der Waals surface area contributed by atoms with Crippen LogP contribution >= 0.6 is 24.0 Å². The molecule has 0 aliphatic heterocycles. The topological polar surface area (TPSA) is 86.3 Å². The number of hydrogen-bond acceptors (Lipinski definition) is 3. The second kappa shape index (κ2) is 10.8. The maximum atomic E-state index is 13.6. The molecule has 3 aromatic rings. The van der Waals surface area contributed by atoms with Crippen LogP contribution in [0.15, 0.2) is 53.7 Å². The molecule has 3 rings (SSSR count). The summed E-state index contributed by atoms with van der Waals surface area (Å²) in [6.07, 6.45) is 3.98. The minimum absolute atomic E-state index is 0. The lowest BCUT2D eigenvalue weighted by molar-refractivity contribution is 0.599. The average Bonchev–Trinajstić information content (AvgIpc) is 3.08. The predicted octanol–water partition coefficient (Wildman–Crippen LogP) is 3.38. The third-order valence-corrected chi connectivity index (χ3v) is 5.45. The van der Waals surface area contributed by atoms with Crippen LogP contribution in [0.4, 0.5) is 4.39 Å². The number of rotatable bonds is 7. The second-order valence-electron chi connectivity index (χ2n) is 6.95. The van der Waals surface area contributed by atoms with Crippen molar-refractivity contribution in [1.29, 1.82) is 0 Å². The molecule has 0 spiro atoms. The predicted molar refractivity (Wildman–Crippen MR) is 131 cm³/mol. The molecular weight excluding hydrogens is 518 g/mol. The normalized spacial score (nSPS) is 11.9. The number of aliphatic imine (C=N–C) groups is 1. The van der Waals surface area contributed by atoms with E-state index in [1.807, 2.05) is 24.4 Å². The molecule has 0 radical (unpaired) electrons. The van der Waals surface area contributed by atoms with E-state index < -0.39 is 15.7 Å². The van der Waals surface area contributed by atoms with E-state index in [1.54, 1.807) is 7.05 Å². The SMILES string of the molecule is CN=C(NCCc1c[nH]c2ccccc12)NCc1cc(F)ccc1CS(C)(=O)=O.I. The molecule has 30 heavy (non-hydrogen) atoms. The summed E-state index contributed by atoms with van der Waals surface area (Å²) in [6.45, 7) is 0.941. The van der Waals surface area contributed by atoms with Gasteiger partial charge in [-0.1, -0.05) is 24.3 Å². The van der Waals surface area contributed by atoms with Crippen LogP contribution in [-0.2, 0) is 28.6 Å². The van der Waals surface area contributed by atoms with Crippen molar-refractivity contribution in [3.05, 3.63) is 71.2 Å². The molecule has 1 heterocycles. The highest BCUT2D eigenvalue weighted by atomic mass is 127. The van der Waals surface area contributed by atoms with Gasteiger partial charge in [0.2, 0.25) is 0 Å². The Morgan fingerprint density at radius 2 is 1.87 bits per heavy atom. The first-order chi connectivity index (χ1) is 13.9. The van der Waals surface area contributed by atoms with Gasteiger partial charge in [0, 0.05) is 43.5 Å². The Morgan fingerprint density at radius 3 is 2.60 bits per heavy atom. The van der Waals surface area contributed by atoms with E-state index in [4.69, 9.17) is 0 Å². The van der Waals surface area contributed by atoms with E-state index in [0.717, 1.165) is 11.9 Å². The van der Waals surface area contributed by atoms with E-state index in [9.17, 15) is 12.8 Å². The number of aromatic nitrogens is 1. The maximum absolute atomic E-state index is 13.6. The van der Waals surface area contributed by atoms with Crippen LogP contribution in [0.3, 0.4) is 0 Å². The van der Waals surface area contributed by atoms with E-state index >= 15 is 0 Å². The van der Waals surface area contributed by atoms with Gasteiger partial charge >= 0.3 is 0 Å². The van der Waals surface area contributed by atoms with E-state index in [0.29, 0.717) is 23.6 Å². The number of halogens is 2. The third kappa shape index (κ3) is 6.69. The summed E-state index contributed by atoms with van der Waals surface area (Å²) >= 11 is 0. The molecule has 0 saturated heterocycles. The van der Waals surface area contributed by atoms with Crippen LogP contribution in [0.1, 0.15) is 16.7 Å². The molecule has 0 atom stereocenters. The fourth-order valence-electron chi connectivity index (χ4n) is 3.24. The molecule has 162 valence electrons. The van der Waals surface area contributed by atoms with Gasteiger partial charge in [-0.2, -0.15) is 0 Å². The number of nitrogens with zero attached hydrogens (tertiary/aromatic N) is 1. The van der Waals surface area contributed by atoms with Crippen molar-refractivity contribution in [3.63, 3.8) is 0 Å². The molecule has 0 fully saturated rings. The summed E-state index contributed by atoms with van der Waals surface area (Å²) in [5, 5.41) is 7.56. The number of hydrogen-bond donors (Lipinski definition) is 3. The van der Waals surface area contributed by atoms with Gasteiger partial charge in [-0.15, -0.1) is 24.0 Å². The zero-order chi connectivity index (χ0) is 20.9. The van der Waals surface area contributed by atoms with Crippen molar-refractivity contribution in [2.75, 3.05) is 19.8 Å². The molecule has 0 amide bonds. The van der Waals surface area contributed by atoms with Crippen molar-refractivity contribution in [2.24, 2.45) is 4.99 Å². The molecule has 0 unspecified atom stereocenters. The first kappa shape index (κ1) is 24.1. The summed E-state index contributed by atoms with van der Waals surface area (Å²) in [4.78, 5) is 7.44. The molecule has 9 heteroatoms. The second-order valence-corrected chi connectivity index (χ2v) is 9.09. The first-order valence-corrected chi connectivity index (χ1v) is 11.4. The van der Waals surface area contributed by atoms with Crippen LogP contribution in [0.25, 0.3) is 10.9 Å². The number of benzene rings is 2. The van der Waals surface area contributed by atoms with Gasteiger partial charge in [0.05, 0.1) is 5.75 Å². The lowest BCUT2D eigenvalue weighted by atomic mass is 10.1. The van der Waals surface area contributed by atoms with Gasteiger partial charge in [0.1, 0.15) is 5.82 Å². The van der Waals surface area contributed by atoms with Gasteiger partial charge in [-0.05, 0) is 41.3 Å². The van der Waals surface area contributed by atoms with Gasteiger partial charge in [-0.3, -0.25) is 4.99 Å². The Labute approximate surface area is 193 Å². The van der Waals surface area contributed by atoms with E-state index in [2.05, 4.69) is 26.7 Å². The van der Waals surface area contributed by atoms with Gasteiger partial charge in [0.15, 0.2) is 15.8 Å². The molecule has 1 aromatic heterocycles. The minimum Gasteiger partial charge on any atom is -0.361 e. The minimum atomic E-state index is -3.21. The highest BCUT2D eigenvalue weighted by molar-refractivity contribution is 14.0. The van der Waals surface area contributed by atoms with Gasteiger partial charge in [0.25, 0.3) is 0 Å². The van der Waals surface area contributed by atoms with Crippen molar-refractivity contribution in [3.8, 4) is 0 Å². The number of sulfone groups is 1. The summed E-state index contributed by atoms with van der Waals surface area (Å²) < 4.78 is 36.9. The Balaban J connectivity index is 0.00000320. The monoisotopic (exact) mass is 544 g/mol. The number of nitrogens with one attached hydrogen (secondary N) is 3. The van der Waals surface area contributed by atoms with Crippen LogP contribution < -0.4 is 10.6 Å². The number of para-hydroxylation sites is 1. The van der Waals surface area contributed by atoms with Crippen LogP contribution in [-0.4, -0.2) is 39.2 Å². The van der Waals surface area contributed by atoms with Crippen LogP contribution in [0.5, 0.6) is 0 Å². The highest BCUT2D eigenvalue weighted by Gasteiger charge is 2.11. The van der Waals surface area contributed by atoms with Crippen molar-refractivity contribution in [1.82, 2.24) is 15.6 Å². The van der Waals surface area contributed by atoms with E-state index in [1.165, 1.54) is 35.4 Å². The summed E-state index contributed by atoms with van der Waals surface area (Å²) in [5.41, 5.74) is 3.49. The lowest BCUT2D eigenvalue weighted by Gasteiger charge is -2.14. The quantitative estimate of drug-likeness (QED) is 0.242. The molecular formula is C21H26FIN4O2S. The Morgan fingerprint density at radius 1 is 1.10 bits per heavy atom. The molecule has 0 saturated carbocycles. The standard InChI is InChI=1S/C21H25FN4O2S.HI/c1-23-21(24-10-9-15-12-25-20-6-4-3-5-19(15)20)26-13-17-11-18(22)8-7-16(17)14-29(2,27)28;/h3-8,11-12,25H,9-10,13-14H2,1-2H3,(H2,23,24,26);1H. The Hall–Kier alpha value is -2.14.